The van der Waals surface area contributed by atoms with Crippen LogP contribution < -0.4 is 10.9 Å². The fraction of sp³-hybridized carbons (Fsp3) is 0.312. The summed E-state index contributed by atoms with van der Waals surface area (Å²) in [4.78, 5) is 16.3. The number of halogens is 3. The van der Waals surface area contributed by atoms with Crippen molar-refractivity contribution in [2.75, 3.05) is 5.32 Å². The molecule has 1 aromatic carbocycles. The summed E-state index contributed by atoms with van der Waals surface area (Å²) < 4.78 is 39.1. The fourth-order valence-electron chi connectivity index (χ4n) is 2.45. The quantitative estimate of drug-likeness (QED) is 0.764. The van der Waals surface area contributed by atoms with Crippen molar-refractivity contribution in [3.05, 3.63) is 58.0 Å². The van der Waals surface area contributed by atoms with Gasteiger partial charge in [-0.05, 0) is 38.0 Å². The predicted molar refractivity (Wildman–Crippen MR) is 90.0 cm³/mol. The van der Waals surface area contributed by atoms with Gasteiger partial charge in [0.05, 0.1) is 5.56 Å². The van der Waals surface area contributed by atoms with Crippen LogP contribution in [0.1, 0.15) is 25.0 Å². The van der Waals surface area contributed by atoms with Gasteiger partial charge < -0.3 is 5.32 Å². The van der Waals surface area contributed by atoms with Gasteiger partial charge in [-0.3, -0.25) is 4.79 Å². The zero-order chi connectivity index (χ0) is 18.2. The monoisotopic (exact) mass is 368 g/mol. The number of alkyl halides is 3. The van der Waals surface area contributed by atoms with E-state index in [1.807, 2.05) is 13.8 Å². The minimum Gasteiger partial charge on any atom is -0.355 e. The minimum atomic E-state index is -4.34. The van der Waals surface area contributed by atoms with Crippen LogP contribution in [0.15, 0.2) is 41.3 Å². The number of anilines is 1. The molecule has 0 fully saturated rings. The molecule has 25 heavy (non-hydrogen) atoms. The molecule has 5 nitrogen and oxygen atoms in total. The molecule has 2 heterocycles. The Labute approximate surface area is 145 Å². The number of fused-ring (bicyclic) bond motifs is 1. The highest BCUT2D eigenvalue weighted by atomic mass is 32.1. The van der Waals surface area contributed by atoms with Crippen molar-refractivity contribution in [3.8, 4) is 0 Å². The summed E-state index contributed by atoms with van der Waals surface area (Å²) in [6.45, 7) is 3.82. The van der Waals surface area contributed by atoms with E-state index in [1.54, 1.807) is 0 Å². The van der Waals surface area contributed by atoms with Crippen LogP contribution in [0.4, 0.5) is 18.3 Å². The zero-order valence-electron chi connectivity index (χ0n) is 13.5. The Morgan fingerprint density at radius 2 is 1.84 bits per heavy atom. The van der Waals surface area contributed by atoms with Gasteiger partial charge in [-0.2, -0.15) is 17.7 Å². The van der Waals surface area contributed by atoms with E-state index in [2.05, 4.69) is 15.4 Å². The number of hydrogen-bond acceptors (Lipinski definition) is 5. The van der Waals surface area contributed by atoms with Crippen molar-refractivity contribution >= 4 is 21.4 Å². The lowest BCUT2D eigenvalue weighted by Gasteiger charge is -2.26. The van der Waals surface area contributed by atoms with Crippen LogP contribution in [0.5, 0.6) is 0 Å². The second-order valence-electron chi connectivity index (χ2n) is 6.27. The lowest BCUT2D eigenvalue weighted by atomic mass is 9.94. The molecular formula is C16H15F3N4OS. The third-order valence-electron chi connectivity index (χ3n) is 3.54. The topological polar surface area (TPSA) is 59.3 Å². The molecule has 3 aromatic rings. The van der Waals surface area contributed by atoms with E-state index in [0.717, 1.165) is 17.7 Å². The van der Waals surface area contributed by atoms with Crippen molar-refractivity contribution in [1.82, 2.24) is 14.6 Å². The van der Waals surface area contributed by atoms with Gasteiger partial charge in [0.1, 0.15) is 0 Å². The number of nitrogens with zero attached hydrogens (tertiary/aromatic N) is 3. The van der Waals surface area contributed by atoms with Gasteiger partial charge in [0, 0.05) is 17.8 Å². The van der Waals surface area contributed by atoms with Gasteiger partial charge in [0.15, 0.2) is 0 Å². The van der Waals surface area contributed by atoms with Gasteiger partial charge in [-0.25, -0.2) is 4.98 Å². The van der Waals surface area contributed by atoms with Crippen molar-refractivity contribution in [2.24, 2.45) is 0 Å². The zero-order valence-corrected chi connectivity index (χ0v) is 14.3. The molecule has 1 N–H and O–H groups in total. The first-order chi connectivity index (χ1) is 11.6. The first-order valence-electron chi connectivity index (χ1n) is 7.43. The van der Waals surface area contributed by atoms with Crippen molar-refractivity contribution in [1.29, 1.82) is 0 Å². The molecule has 0 saturated carbocycles. The lowest BCUT2D eigenvalue weighted by molar-refractivity contribution is -0.137. The summed E-state index contributed by atoms with van der Waals surface area (Å²) in [5.41, 5.74) is -0.646. The van der Waals surface area contributed by atoms with E-state index < -0.39 is 17.3 Å². The molecular weight excluding hydrogens is 353 g/mol. The fourth-order valence-corrected chi connectivity index (χ4v) is 3.40. The Bertz CT molecular complexity index is 944. The second-order valence-corrected chi connectivity index (χ2v) is 7.22. The van der Waals surface area contributed by atoms with Crippen LogP contribution in [0, 0.1) is 0 Å². The molecule has 0 aliphatic heterocycles. The SMILES string of the molecule is CC(C)(Cc1ccc(C(F)(F)F)cc1)Nc1nn2c(=O)ccnc2s1. The maximum Gasteiger partial charge on any atom is 0.416 e. The molecule has 0 bridgehead atoms. The minimum absolute atomic E-state index is 0.269. The van der Waals surface area contributed by atoms with Crippen LogP contribution in [-0.2, 0) is 12.6 Å². The predicted octanol–water partition coefficient (Wildman–Crippen LogP) is 3.60. The smallest absolute Gasteiger partial charge is 0.355 e. The normalized spacial score (nSPS) is 12.5. The Balaban J connectivity index is 1.77. The largest absolute Gasteiger partial charge is 0.416 e. The average molecular weight is 368 g/mol. The van der Waals surface area contributed by atoms with Crippen LogP contribution in [0.2, 0.25) is 0 Å². The molecule has 3 rings (SSSR count). The number of rotatable bonds is 4. The Hall–Kier alpha value is -2.42. The molecule has 0 spiro atoms. The van der Waals surface area contributed by atoms with E-state index >= 15 is 0 Å². The van der Waals surface area contributed by atoms with E-state index in [9.17, 15) is 18.0 Å². The number of benzene rings is 1. The Morgan fingerprint density at radius 1 is 1.16 bits per heavy atom. The molecule has 0 unspecified atom stereocenters. The second kappa shape index (κ2) is 6.14. The van der Waals surface area contributed by atoms with Crippen molar-refractivity contribution in [3.63, 3.8) is 0 Å². The van der Waals surface area contributed by atoms with Gasteiger partial charge >= 0.3 is 6.18 Å². The summed E-state index contributed by atoms with van der Waals surface area (Å²) in [6.07, 6.45) is -2.43. The maximum atomic E-state index is 12.6. The van der Waals surface area contributed by atoms with Gasteiger partial charge in [-0.15, -0.1) is 5.10 Å². The van der Waals surface area contributed by atoms with Crippen LogP contribution in [0.3, 0.4) is 0 Å². The molecule has 2 aromatic heterocycles. The molecule has 132 valence electrons. The lowest BCUT2D eigenvalue weighted by Crippen LogP contribution is -2.33. The van der Waals surface area contributed by atoms with Crippen molar-refractivity contribution < 1.29 is 13.2 Å². The van der Waals surface area contributed by atoms with Crippen molar-refractivity contribution in [2.45, 2.75) is 32.0 Å². The van der Waals surface area contributed by atoms with Crippen LogP contribution in [0.25, 0.3) is 4.96 Å². The Morgan fingerprint density at radius 3 is 2.44 bits per heavy atom. The van der Waals surface area contributed by atoms with Crippen LogP contribution >= 0.6 is 11.3 Å². The molecule has 0 aliphatic rings. The highest BCUT2D eigenvalue weighted by molar-refractivity contribution is 7.20. The summed E-state index contributed by atoms with van der Waals surface area (Å²) in [5, 5.41) is 7.92. The molecule has 0 amide bonds. The maximum absolute atomic E-state index is 12.6. The highest BCUT2D eigenvalue weighted by Crippen LogP contribution is 2.30. The molecule has 0 saturated heterocycles. The number of nitrogens with one attached hydrogen (secondary N) is 1. The first-order valence-corrected chi connectivity index (χ1v) is 8.25. The summed E-state index contributed by atoms with van der Waals surface area (Å²) in [6, 6.07) is 6.41. The first kappa shape index (κ1) is 17.4. The Kier molecular flexibility index (Phi) is 4.28. The standard InChI is InChI=1S/C16H15F3N4OS/c1-15(2,9-10-3-5-11(6-4-10)16(17,18)19)21-13-22-23-12(24)7-8-20-14(23)25-13/h3-8H,9H2,1-2H3,(H,21,22). The molecule has 0 radical (unpaired) electrons. The summed E-state index contributed by atoms with van der Waals surface area (Å²) >= 11 is 1.24. The van der Waals surface area contributed by atoms with E-state index in [0.29, 0.717) is 16.5 Å². The molecule has 9 heteroatoms. The summed E-state index contributed by atoms with van der Waals surface area (Å²) in [7, 11) is 0. The van der Waals surface area contributed by atoms with Gasteiger partial charge in [0.2, 0.25) is 10.1 Å². The molecule has 0 aliphatic carbocycles. The third-order valence-corrected chi connectivity index (χ3v) is 4.38. The van der Waals surface area contributed by atoms with E-state index in [1.165, 1.54) is 40.2 Å². The number of hydrogen-bond donors (Lipinski definition) is 1. The van der Waals surface area contributed by atoms with E-state index in [4.69, 9.17) is 0 Å². The third kappa shape index (κ3) is 3.98. The average Bonchev–Trinajstić information content (AvgIpc) is 2.89. The highest BCUT2D eigenvalue weighted by Gasteiger charge is 2.30. The van der Waals surface area contributed by atoms with E-state index in [-0.39, 0.29) is 5.56 Å². The van der Waals surface area contributed by atoms with Gasteiger partial charge in [-0.1, -0.05) is 23.5 Å². The number of aromatic nitrogens is 3. The van der Waals surface area contributed by atoms with Crippen LogP contribution in [-0.4, -0.2) is 20.1 Å². The molecule has 0 atom stereocenters. The van der Waals surface area contributed by atoms with Gasteiger partial charge in [0.25, 0.3) is 5.56 Å². The summed E-state index contributed by atoms with van der Waals surface area (Å²) in [5.74, 6) is 0.